The van der Waals surface area contributed by atoms with Gasteiger partial charge in [-0.15, -0.1) is 0 Å². The van der Waals surface area contributed by atoms with Crippen molar-refractivity contribution in [3.05, 3.63) is 0 Å². The van der Waals surface area contributed by atoms with E-state index < -0.39 is 12.3 Å². The predicted octanol–water partition coefficient (Wildman–Crippen LogP) is 1.30. The zero-order chi connectivity index (χ0) is 9.84. The number of hydrogen-bond acceptors (Lipinski definition) is 1. The summed E-state index contributed by atoms with van der Waals surface area (Å²) < 4.78 is 24.4. The number of nitrogens with one attached hydrogen (secondary N) is 1. The molecule has 1 fully saturated rings. The van der Waals surface area contributed by atoms with Crippen molar-refractivity contribution in [2.24, 2.45) is 5.92 Å². The van der Waals surface area contributed by atoms with Gasteiger partial charge in [0.1, 0.15) is 0 Å². The number of carbonyl (C=O) groups is 1. The number of urea groups is 1. The molecule has 0 aromatic heterocycles. The summed E-state index contributed by atoms with van der Waals surface area (Å²) in [6, 6.07) is -0.173. The smallest absolute Gasteiger partial charge is 0.317 e. The largest absolute Gasteiger partial charge is 0.341 e. The lowest BCUT2D eigenvalue weighted by atomic mass is 9.98. The van der Waals surface area contributed by atoms with E-state index in [4.69, 9.17) is 0 Å². The summed E-state index contributed by atoms with van der Waals surface area (Å²) in [5, 5.41) is 2.48. The van der Waals surface area contributed by atoms with E-state index in [0.717, 1.165) is 0 Å². The van der Waals surface area contributed by atoms with E-state index in [9.17, 15) is 13.6 Å². The first kappa shape index (κ1) is 10.2. The number of likely N-dealkylation sites (tertiary alicyclic amines) is 1. The highest BCUT2D eigenvalue weighted by atomic mass is 19.3. The maximum absolute atomic E-state index is 12.2. The number of alkyl halides is 2. The molecule has 0 aromatic rings. The van der Waals surface area contributed by atoms with Gasteiger partial charge in [-0.25, -0.2) is 13.6 Å². The van der Waals surface area contributed by atoms with E-state index in [-0.39, 0.29) is 6.03 Å². The summed E-state index contributed by atoms with van der Waals surface area (Å²) in [6.45, 7) is 0.878. The van der Waals surface area contributed by atoms with Crippen molar-refractivity contribution in [3.8, 4) is 0 Å². The van der Waals surface area contributed by atoms with Gasteiger partial charge in [0.05, 0.1) is 0 Å². The number of amides is 2. The average Bonchev–Trinajstić information content (AvgIpc) is 2.17. The molecule has 0 bridgehead atoms. The molecule has 0 spiro atoms. The Balaban J connectivity index is 2.34. The molecule has 0 unspecified atom stereocenters. The minimum absolute atomic E-state index is 0.173. The van der Waals surface area contributed by atoms with Crippen LogP contribution in [0.2, 0.25) is 0 Å². The van der Waals surface area contributed by atoms with Crippen molar-refractivity contribution in [1.82, 2.24) is 10.2 Å². The van der Waals surface area contributed by atoms with E-state index in [1.54, 1.807) is 11.9 Å². The fraction of sp³-hybridized carbons (Fsp3) is 0.875. The summed E-state index contributed by atoms with van der Waals surface area (Å²) in [4.78, 5) is 12.6. The van der Waals surface area contributed by atoms with Crippen LogP contribution in [0.15, 0.2) is 0 Å². The monoisotopic (exact) mass is 192 g/mol. The molecule has 1 N–H and O–H groups in total. The molecule has 76 valence electrons. The summed E-state index contributed by atoms with van der Waals surface area (Å²) in [7, 11) is 1.54. The molecule has 3 nitrogen and oxygen atoms in total. The molecule has 1 aliphatic rings. The first-order chi connectivity index (χ1) is 6.15. The quantitative estimate of drug-likeness (QED) is 0.667. The Kier molecular flexibility index (Phi) is 3.45. The molecule has 1 heterocycles. The highest BCUT2D eigenvalue weighted by Crippen LogP contribution is 2.23. The van der Waals surface area contributed by atoms with Gasteiger partial charge in [-0.2, -0.15) is 0 Å². The van der Waals surface area contributed by atoms with Gasteiger partial charge in [0.25, 0.3) is 0 Å². The molecule has 5 heteroatoms. The van der Waals surface area contributed by atoms with Crippen molar-refractivity contribution in [3.63, 3.8) is 0 Å². The molecule has 1 rings (SSSR count). The fourth-order valence-electron chi connectivity index (χ4n) is 1.51. The van der Waals surface area contributed by atoms with Gasteiger partial charge in [-0.05, 0) is 12.8 Å². The molecule has 1 aliphatic heterocycles. The van der Waals surface area contributed by atoms with Gasteiger partial charge in [0.2, 0.25) is 6.43 Å². The normalized spacial score (nSPS) is 19.2. The third kappa shape index (κ3) is 2.54. The van der Waals surface area contributed by atoms with Crippen molar-refractivity contribution < 1.29 is 13.6 Å². The van der Waals surface area contributed by atoms with Crippen LogP contribution >= 0.6 is 0 Å². The number of nitrogens with zero attached hydrogens (tertiary/aromatic N) is 1. The predicted molar refractivity (Wildman–Crippen MR) is 44.8 cm³/mol. The molecular weight excluding hydrogens is 178 g/mol. The molecule has 0 saturated carbocycles. The van der Waals surface area contributed by atoms with Gasteiger partial charge in [-0.3, -0.25) is 0 Å². The fourth-order valence-corrected chi connectivity index (χ4v) is 1.51. The van der Waals surface area contributed by atoms with E-state index in [1.807, 2.05) is 0 Å². The Bertz CT molecular complexity index is 179. The van der Waals surface area contributed by atoms with Crippen LogP contribution in [0, 0.1) is 5.92 Å². The van der Waals surface area contributed by atoms with Crippen molar-refractivity contribution in [1.29, 1.82) is 0 Å². The van der Waals surface area contributed by atoms with Crippen LogP contribution in [-0.2, 0) is 0 Å². The first-order valence-electron chi connectivity index (χ1n) is 4.40. The highest BCUT2D eigenvalue weighted by Gasteiger charge is 2.27. The lowest BCUT2D eigenvalue weighted by Gasteiger charge is -2.31. The minimum Gasteiger partial charge on any atom is -0.341 e. The number of piperidine rings is 1. The topological polar surface area (TPSA) is 32.3 Å². The van der Waals surface area contributed by atoms with Gasteiger partial charge in [0, 0.05) is 26.1 Å². The Morgan fingerprint density at radius 3 is 2.38 bits per heavy atom. The van der Waals surface area contributed by atoms with Crippen LogP contribution in [0.1, 0.15) is 12.8 Å². The maximum Gasteiger partial charge on any atom is 0.317 e. The van der Waals surface area contributed by atoms with Crippen LogP contribution in [0.5, 0.6) is 0 Å². The third-order valence-electron chi connectivity index (χ3n) is 2.40. The highest BCUT2D eigenvalue weighted by molar-refractivity contribution is 5.73. The van der Waals surface area contributed by atoms with Crippen LogP contribution in [0.3, 0.4) is 0 Å². The number of hydrogen-bond donors (Lipinski definition) is 1. The molecule has 2 amide bonds. The van der Waals surface area contributed by atoms with Crippen LogP contribution in [-0.4, -0.2) is 37.5 Å². The Morgan fingerprint density at radius 1 is 1.46 bits per heavy atom. The standard InChI is InChI=1S/C8H14F2N2O/c1-11-8(13)12-4-2-6(3-5-12)7(9)10/h6-7H,2-5H2,1H3,(H,11,13). The van der Waals surface area contributed by atoms with Gasteiger partial charge in [0.15, 0.2) is 0 Å². The lowest BCUT2D eigenvalue weighted by molar-refractivity contribution is 0.0422. The SMILES string of the molecule is CNC(=O)N1CCC(C(F)F)CC1. The van der Waals surface area contributed by atoms with E-state index in [1.165, 1.54) is 0 Å². The second-order valence-corrected chi connectivity index (χ2v) is 3.21. The second-order valence-electron chi connectivity index (χ2n) is 3.21. The summed E-state index contributed by atoms with van der Waals surface area (Å²) >= 11 is 0. The summed E-state index contributed by atoms with van der Waals surface area (Å²) in [6.07, 6.45) is -1.43. The Hall–Kier alpha value is -0.870. The molecule has 0 atom stereocenters. The molecule has 1 saturated heterocycles. The molecule has 0 aliphatic carbocycles. The maximum atomic E-state index is 12.2. The Morgan fingerprint density at radius 2 is 2.00 bits per heavy atom. The van der Waals surface area contributed by atoms with Gasteiger partial charge < -0.3 is 10.2 Å². The van der Waals surface area contributed by atoms with Gasteiger partial charge in [-0.1, -0.05) is 0 Å². The molecule has 0 aromatic carbocycles. The van der Waals surface area contributed by atoms with Crippen LogP contribution in [0.4, 0.5) is 13.6 Å². The molecule has 13 heavy (non-hydrogen) atoms. The average molecular weight is 192 g/mol. The van der Waals surface area contributed by atoms with Gasteiger partial charge >= 0.3 is 6.03 Å². The number of carbonyl (C=O) groups excluding carboxylic acids is 1. The number of halogens is 2. The summed E-state index contributed by atoms with van der Waals surface area (Å²) in [5.41, 5.74) is 0. The Labute approximate surface area is 76.1 Å². The zero-order valence-corrected chi connectivity index (χ0v) is 7.59. The van der Waals surface area contributed by atoms with E-state index >= 15 is 0 Å². The molecular formula is C8H14F2N2O. The van der Waals surface area contributed by atoms with Crippen LogP contribution < -0.4 is 5.32 Å². The zero-order valence-electron chi connectivity index (χ0n) is 7.59. The first-order valence-corrected chi connectivity index (χ1v) is 4.40. The van der Waals surface area contributed by atoms with Crippen molar-refractivity contribution in [2.45, 2.75) is 19.3 Å². The summed E-state index contributed by atoms with van der Waals surface area (Å²) in [5.74, 6) is -0.527. The van der Waals surface area contributed by atoms with Crippen molar-refractivity contribution in [2.75, 3.05) is 20.1 Å². The third-order valence-corrected chi connectivity index (χ3v) is 2.40. The van der Waals surface area contributed by atoms with E-state index in [0.29, 0.717) is 25.9 Å². The number of rotatable bonds is 1. The van der Waals surface area contributed by atoms with Crippen molar-refractivity contribution >= 4 is 6.03 Å². The second kappa shape index (κ2) is 4.39. The molecule has 0 radical (unpaired) electrons. The lowest BCUT2D eigenvalue weighted by Crippen LogP contribution is -2.44. The minimum atomic E-state index is -2.24. The van der Waals surface area contributed by atoms with Crippen LogP contribution in [0.25, 0.3) is 0 Å². The van der Waals surface area contributed by atoms with E-state index in [2.05, 4.69) is 5.32 Å².